The van der Waals surface area contributed by atoms with Crippen molar-refractivity contribution < 1.29 is 9.53 Å². The second-order valence-corrected chi connectivity index (χ2v) is 8.11. The van der Waals surface area contributed by atoms with Crippen molar-refractivity contribution in [1.82, 2.24) is 24.8 Å². The van der Waals surface area contributed by atoms with Gasteiger partial charge in [-0.1, -0.05) is 30.3 Å². The molecule has 4 aromatic rings. The van der Waals surface area contributed by atoms with Crippen LogP contribution < -0.4 is 15.4 Å². The van der Waals surface area contributed by atoms with Crippen LogP contribution in [0.4, 0.5) is 5.69 Å². The normalized spacial score (nSPS) is 11.7. The fourth-order valence-electron chi connectivity index (χ4n) is 3.70. The molecule has 1 unspecified atom stereocenters. The van der Waals surface area contributed by atoms with Gasteiger partial charge in [-0.25, -0.2) is 9.97 Å². The Morgan fingerprint density at radius 3 is 2.62 bits per heavy atom. The molecule has 4 rings (SSSR count). The Hall–Kier alpha value is -4.04. The number of rotatable bonds is 9. The smallest absolute Gasteiger partial charge is 0.242 e. The molecular weight excluding hydrogens is 428 g/mol. The molecule has 34 heavy (non-hydrogen) atoms. The highest BCUT2D eigenvalue weighted by molar-refractivity contribution is 5.96. The van der Waals surface area contributed by atoms with Crippen LogP contribution in [0.2, 0.25) is 0 Å². The van der Waals surface area contributed by atoms with E-state index in [9.17, 15) is 4.79 Å². The number of anilines is 1. The van der Waals surface area contributed by atoms with Crippen molar-refractivity contribution in [3.05, 3.63) is 90.4 Å². The first-order valence-corrected chi connectivity index (χ1v) is 11.0. The molecule has 8 nitrogen and oxygen atoms in total. The summed E-state index contributed by atoms with van der Waals surface area (Å²) >= 11 is 0. The van der Waals surface area contributed by atoms with E-state index in [4.69, 9.17) is 4.74 Å². The van der Waals surface area contributed by atoms with Gasteiger partial charge < -0.3 is 14.6 Å². The third kappa shape index (κ3) is 5.85. The van der Waals surface area contributed by atoms with E-state index in [1.807, 2.05) is 73.3 Å². The van der Waals surface area contributed by atoms with Crippen molar-refractivity contribution in [2.75, 3.05) is 12.4 Å². The molecule has 3 aromatic heterocycles. The Morgan fingerprint density at radius 1 is 1.09 bits per heavy atom. The Balaban J connectivity index is 1.57. The maximum absolute atomic E-state index is 13.4. The lowest BCUT2D eigenvalue weighted by molar-refractivity contribution is -0.118. The molecule has 3 heterocycles. The zero-order chi connectivity index (χ0) is 23.9. The topological polar surface area (TPSA) is 94.0 Å². The first-order chi connectivity index (χ1) is 16.5. The second-order valence-electron chi connectivity index (χ2n) is 8.11. The van der Waals surface area contributed by atoms with Gasteiger partial charge in [0.05, 0.1) is 25.2 Å². The average Bonchev–Trinajstić information content (AvgIpc) is 3.27. The number of nitrogens with zero attached hydrogens (tertiary/aromatic N) is 4. The van der Waals surface area contributed by atoms with Crippen LogP contribution in [-0.2, 0) is 24.8 Å². The van der Waals surface area contributed by atoms with Gasteiger partial charge in [0.15, 0.2) is 0 Å². The van der Waals surface area contributed by atoms with Crippen molar-refractivity contribution in [2.45, 2.75) is 25.9 Å². The molecule has 0 radical (unpaired) electrons. The zero-order valence-corrected chi connectivity index (χ0v) is 19.5. The number of aryl methyl sites for hydroxylation is 2. The van der Waals surface area contributed by atoms with E-state index in [0.717, 1.165) is 28.1 Å². The van der Waals surface area contributed by atoms with Gasteiger partial charge in [0.2, 0.25) is 11.8 Å². The number of amides is 1. The van der Waals surface area contributed by atoms with Gasteiger partial charge in [-0.15, -0.1) is 0 Å². The van der Waals surface area contributed by atoms with Gasteiger partial charge in [-0.2, -0.15) is 0 Å². The summed E-state index contributed by atoms with van der Waals surface area (Å²) in [5.74, 6) is 0.175. The van der Waals surface area contributed by atoms with Crippen molar-refractivity contribution in [1.29, 1.82) is 0 Å². The van der Waals surface area contributed by atoms with Crippen molar-refractivity contribution in [2.24, 2.45) is 7.05 Å². The fourth-order valence-corrected chi connectivity index (χ4v) is 3.70. The largest absolute Gasteiger partial charge is 0.480 e. The lowest BCUT2D eigenvalue weighted by Gasteiger charge is -2.19. The van der Waals surface area contributed by atoms with E-state index in [2.05, 4.69) is 25.6 Å². The Labute approximate surface area is 199 Å². The van der Waals surface area contributed by atoms with Crippen LogP contribution >= 0.6 is 0 Å². The molecule has 0 aliphatic rings. The van der Waals surface area contributed by atoms with E-state index >= 15 is 0 Å². The molecule has 0 aliphatic heterocycles. The molecule has 0 spiro atoms. The van der Waals surface area contributed by atoms with Gasteiger partial charge in [0.25, 0.3) is 0 Å². The third-order valence-electron chi connectivity index (χ3n) is 5.42. The lowest BCUT2D eigenvalue weighted by Crippen LogP contribution is -2.42. The minimum atomic E-state index is -0.485. The summed E-state index contributed by atoms with van der Waals surface area (Å²) in [5.41, 5.74) is 5.16. The summed E-state index contributed by atoms with van der Waals surface area (Å²) in [6, 6.07) is 15.2. The fraction of sp³-hybridized carbons (Fsp3) is 0.231. The molecule has 8 heteroatoms. The summed E-state index contributed by atoms with van der Waals surface area (Å²) in [4.78, 5) is 26.4. The highest BCUT2D eigenvalue weighted by Gasteiger charge is 2.21. The summed E-state index contributed by atoms with van der Waals surface area (Å²) in [6.45, 7) is 2.40. The SMILES string of the molecule is COc1ncc(-c2ccnc(C)c2)cc1NC(=O)C(Cc1ccccc1)NCc1cn(C)cn1. The molecule has 0 fully saturated rings. The first kappa shape index (κ1) is 23.1. The second kappa shape index (κ2) is 10.7. The predicted molar refractivity (Wildman–Crippen MR) is 131 cm³/mol. The van der Waals surface area contributed by atoms with Gasteiger partial charge in [0, 0.05) is 43.4 Å². The summed E-state index contributed by atoms with van der Waals surface area (Å²) in [6.07, 6.45) is 7.68. The Bertz CT molecular complexity index is 1260. The average molecular weight is 457 g/mol. The highest BCUT2D eigenvalue weighted by atomic mass is 16.5. The minimum Gasteiger partial charge on any atom is -0.480 e. The standard InChI is InChI=1S/C26H28N6O2/c1-18-11-20(9-10-27-18)21-13-24(26(34-3)29-14-21)31-25(33)23(12-19-7-5-4-6-8-19)28-15-22-16-32(2)17-30-22/h4-11,13-14,16-17,23,28H,12,15H2,1-3H3,(H,31,33). The van der Waals surface area contributed by atoms with Gasteiger partial charge >= 0.3 is 0 Å². The van der Waals surface area contributed by atoms with E-state index in [1.165, 1.54) is 7.11 Å². The van der Waals surface area contributed by atoms with Gasteiger partial charge in [-0.05, 0) is 42.7 Å². The highest BCUT2D eigenvalue weighted by Crippen LogP contribution is 2.28. The molecule has 0 bridgehead atoms. The Morgan fingerprint density at radius 2 is 1.91 bits per heavy atom. The molecule has 1 atom stereocenters. The minimum absolute atomic E-state index is 0.178. The predicted octanol–water partition coefficient (Wildman–Crippen LogP) is 3.53. The Kier molecular flexibility index (Phi) is 7.29. The number of carbonyl (C=O) groups is 1. The summed E-state index contributed by atoms with van der Waals surface area (Å²) in [5, 5.41) is 6.37. The molecule has 2 N–H and O–H groups in total. The number of carbonyl (C=O) groups excluding carboxylic acids is 1. The van der Waals surface area contributed by atoms with Crippen LogP contribution in [0.15, 0.2) is 73.4 Å². The van der Waals surface area contributed by atoms with Crippen molar-refractivity contribution in [3.63, 3.8) is 0 Å². The molecule has 174 valence electrons. The van der Waals surface area contributed by atoms with Crippen LogP contribution in [0.25, 0.3) is 11.1 Å². The van der Waals surface area contributed by atoms with Crippen molar-refractivity contribution in [3.8, 4) is 17.0 Å². The molecule has 1 aromatic carbocycles. The van der Waals surface area contributed by atoms with E-state index in [0.29, 0.717) is 24.5 Å². The number of pyridine rings is 2. The molecule has 0 saturated heterocycles. The molecular formula is C26H28N6O2. The maximum Gasteiger partial charge on any atom is 0.242 e. The number of hydrogen-bond donors (Lipinski definition) is 2. The van der Waals surface area contributed by atoms with Gasteiger partial charge in [0.1, 0.15) is 5.69 Å². The maximum atomic E-state index is 13.4. The van der Waals surface area contributed by atoms with Crippen LogP contribution in [0, 0.1) is 6.92 Å². The van der Waals surface area contributed by atoms with Crippen molar-refractivity contribution >= 4 is 11.6 Å². The first-order valence-electron chi connectivity index (χ1n) is 11.0. The summed E-state index contributed by atoms with van der Waals surface area (Å²) < 4.78 is 7.30. The monoisotopic (exact) mass is 456 g/mol. The molecule has 0 aliphatic carbocycles. The van der Waals surface area contributed by atoms with E-state index in [-0.39, 0.29) is 5.91 Å². The number of imidazole rings is 1. The number of nitrogens with one attached hydrogen (secondary N) is 2. The number of ether oxygens (including phenoxy) is 1. The van der Waals surface area contributed by atoms with Crippen LogP contribution in [-0.4, -0.2) is 38.6 Å². The third-order valence-corrected chi connectivity index (χ3v) is 5.42. The number of benzene rings is 1. The quantitative estimate of drug-likeness (QED) is 0.400. The summed E-state index contributed by atoms with van der Waals surface area (Å²) in [7, 11) is 3.45. The van der Waals surface area contributed by atoms with Crippen LogP contribution in [0.5, 0.6) is 5.88 Å². The molecule has 0 saturated carbocycles. The molecule has 1 amide bonds. The number of hydrogen-bond acceptors (Lipinski definition) is 6. The van der Waals surface area contributed by atoms with E-state index in [1.54, 1.807) is 18.7 Å². The zero-order valence-electron chi connectivity index (χ0n) is 19.5. The number of aromatic nitrogens is 4. The number of methoxy groups -OCH3 is 1. The van der Waals surface area contributed by atoms with Gasteiger partial charge in [-0.3, -0.25) is 15.1 Å². The van der Waals surface area contributed by atoms with E-state index < -0.39 is 6.04 Å². The van der Waals surface area contributed by atoms with Crippen LogP contribution in [0.1, 0.15) is 17.0 Å². The lowest BCUT2D eigenvalue weighted by atomic mass is 10.0. The van der Waals surface area contributed by atoms with Crippen LogP contribution in [0.3, 0.4) is 0 Å².